The lowest BCUT2D eigenvalue weighted by atomic mass is 9.99. The van der Waals surface area contributed by atoms with Gasteiger partial charge in [0, 0.05) is 28.1 Å². The van der Waals surface area contributed by atoms with Crippen LogP contribution >= 0.6 is 11.3 Å². The van der Waals surface area contributed by atoms with Crippen molar-refractivity contribution in [3.63, 3.8) is 0 Å². The lowest BCUT2D eigenvalue weighted by Gasteiger charge is -2.21. The second-order valence-electron chi connectivity index (χ2n) is 7.92. The maximum atomic E-state index is 13.8. The molecule has 1 atom stereocenters. The fourth-order valence-corrected chi connectivity index (χ4v) is 6.00. The molecule has 5 aromatic rings. The van der Waals surface area contributed by atoms with E-state index in [0.29, 0.717) is 27.8 Å². The summed E-state index contributed by atoms with van der Waals surface area (Å²) in [4.78, 5) is 9.59. The van der Waals surface area contributed by atoms with Gasteiger partial charge in [-0.3, -0.25) is 9.29 Å². The van der Waals surface area contributed by atoms with Crippen molar-refractivity contribution in [1.82, 2.24) is 9.97 Å². The second kappa shape index (κ2) is 10.3. The SMILES string of the molecule is COc1ccc(CN(c2nccs2)S(=O)c2ccc3c(-c4ccccc4OC)c(N)cnc3c2)cc1. The number of hydrogen-bond donors (Lipinski definition) is 1. The maximum absolute atomic E-state index is 13.8. The zero-order valence-corrected chi connectivity index (χ0v) is 21.4. The second-order valence-corrected chi connectivity index (χ2v) is 10.2. The molecule has 182 valence electrons. The molecule has 0 aliphatic carbocycles. The van der Waals surface area contributed by atoms with E-state index < -0.39 is 11.0 Å². The number of nitrogens with two attached hydrogens (primary N) is 1. The molecule has 0 aliphatic rings. The van der Waals surface area contributed by atoms with E-state index in [0.717, 1.165) is 33.6 Å². The van der Waals surface area contributed by atoms with E-state index in [1.807, 2.05) is 72.1 Å². The number of ether oxygens (including phenoxy) is 2. The van der Waals surface area contributed by atoms with E-state index in [9.17, 15) is 4.21 Å². The highest BCUT2D eigenvalue weighted by Crippen LogP contribution is 2.39. The van der Waals surface area contributed by atoms with Crippen LogP contribution in [0.4, 0.5) is 10.8 Å². The molecule has 2 heterocycles. The Morgan fingerprint density at radius 2 is 1.81 bits per heavy atom. The van der Waals surface area contributed by atoms with Gasteiger partial charge in [0.2, 0.25) is 0 Å². The molecule has 2 aromatic heterocycles. The minimum absolute atomic E-state index is 0.420. The molecule has 0 saturated heterocycles. The number of anilines is 2. The summed E-state index contributed by atoms with van der Waals surface area (Å²) < 4.78 is 26.5. The minimum Gasteiger partial charge on any atom is -0.497 e. The van der Waals surface area contributed by atoms with E-state index in [2.05, 4.69) is 9.97 Å². The summed E-state index contributed by atoms with van der Waals surface area (Å²) >= 11 is 1.44. The van der Waals surface area contributed by atoms with Crippen molar-refractivity contribution < 1.29 is 13.7 Å². The van der Waals surface area contributed by atoms with Crippen molar-refractivity contribution in [2.75, 3.05) is 24.3 Å². The van der Waals surface area contributed by atoms with Gasteiger partial charge in [0.1, 0.15) is 11.5 Å². The summed E-state index contributed by atoms with van der Waals surface area (Å²) in [7, 11) is 1.74. The van der Waals surface area contributed by atoms with Gasteiger partial charge in [-0.15, -0.1) is 11.3 Å². The summed E-state index contributed by atoms with van der Waals surface area (Å²) in [6.07, 6.45) is 3.34. The van der Waals surface area contributed by atoms with E-state index in [1.54, 1.807) is 30.9 Å². The summed E-state index contributed by atoms with van der Waals surface area (Å²) in [6.45, 7) is 0.420. The van der Waals surface area contributed by atoms with Crippen LogP contribution in [-0.4, -0.2) is 28.4 Å². The fraction of sp³-hybridized carbons (Fsp3) is 0.111. The molecular formula is C27H24N4O3S2. The number of para-hydroxylation sites is 1. The highest BCUT2D eigenvalue weighted by molar-refractivity contribution is 7.86. The molecule has 0 bridgehead atoms. The largest absolute Gasteiger partial charge is 0.497 e. The van der Waals surface area contributed by atoms with E-state index >= 15 is 0 Å². The Bertz CT molecular complexity index is 1520. The fourth-order valence-electron chi connectivity index (χ4n) is 4.01. The van der Waals surface area contributed by atoms with E-state index in [4.69, 9.17) is 15.2 Å². The molecule has 0 radical (unpaired) electrons. The van der Waals surface area contributed by atoms with Gasteiger partial charge in [-0.05, 0) is 35.9 Å². The molecular weight excluding hydrogens is 492 g/mol. The van der Waals surface area contributed by atoms with Gasteiger partial charge in [0.05, 0.1) is 43.1 Å². The summed E-state index contributed by atoms with van der Waals surface area (Å²) in [5.41, 5.74) is 10.3. The standard InChI is InChI=1S/C27H24N4O3S2/c1-33-19-9-7-18(8-10-19)17-31(27-29-13-14-35-27)36(32)20-11-12-21-24(15-20)30-16-23(28)26(21)22-5-3-4-6-25(22)34-2/h3-16H,17,28H2,1-2H3. The summed E-state index contributed by atoms with van der Waals surface area (Å²) in [5, 5.41) is 3.40. The number of methoxy groups -OCH3 is 2. The van der Waals surface area contributed by atoms with Crippen LogP contribution in [0.3, 0.4) is 0 Å². The predicted molar refractivity (Wildman–Crippen MR) is 146 cm³/mol. The zero-order chi connectivity index (χ0) is 25.1. The number of nitrogen functional groups attached to an aromatic ring is 1. The van der Waals surface area contributed by atoms with Crippen molar-refractivity contribution in [1.29, 1.82) is 0 Å². The van der Waals surface area contributed by atoms with Crippen molar-refractivity contribution >= 4 is 44.0 Å². The van der Waals surface area contributed by atoms with Gasteiger partial charge in [-0.25, -0.2) is 9.19 Å². The predicted octanol–water partition coefficient (Wildman–Crippen LogP) is 5.69. The van der Waals surface area contributed by atoms with Crippen LogP contribution in [0.2, 0.25) is 0 Å². The smallest absolute Gasteiger partial charge is 0.197 e. The number of benzene rings is 3. The van der Waals surface area contributed by atoms with Crippen LogP contribution in [0, 0.1) is 0 Å². The van der Waals surface area contributed by atoms with Crippen LogP contribution in [0.1, 0.15) is 5.56 Å². The van der Waals surface area contributed by atoms with Crippen LogP contribution in [0.5, 0.6) is 11.5 Å². The summed E-state index contributed by atoms with van der Waals surface area (Å²) in [6, 6.07) is 21.0. The first-order valence-corrected chi connectivity index (χ1v) is 13.1. The normalized spacial score (nSPS) is 11.8. The number of rotatable bonds is 8. The maximum Gasteiger partial charge on any atom is 0.197 e. The zero-order valence-electron chi connectivity index (χ0n) is 19.8. The Labute approximate surface area is 215 Å². The molecule has 0 aliphatic heterocycles. The highest BCUT2D eigenvalue weighted by atomic mass is 32.2. The molecule has 3 aromatic carbocycles. The van der Waals surface area contributed by atoms with Crippen molar-refractivity contribution in [2.45, 2.75) is 11.4 Å². The molecule has 36 heavy (non-hydrogen) atoms. The third-order valence-corrected chi connectivity index (χ3v) is 8.04. The number of hydrogen-bond acceptors (Lipinski definition) is 7. The Morgan fingerprint density at radius 3 is 2.53 bits per heavy atom. The number of nitrogens with zero attached hydrogens (tertiary/aromatic N) is 3. The Balaban J connectivity index is 1.54. The van der Waals surface area contributed by atoms with Gasteiger partial charge < -0.3 is 15.2 Å². The van der Waals surface area contributed by atoms with Crippen LogP contribution in [0.25, 0.3) is 22.0 Å². The van der Waals surface area contributed by atoms with E-state index in [1.165, 1.54) is 11.3 Å². The third-order valence-electron chi connectivity index (χ3n) is 5.77. The molecule has 0 amide bonds. The number of fused-ring (bicyclic) bond motifs is 1. The average molecular weight is 517 g/mol. The molecule has 5 rings (SSSR count). The summed E-state index contributed by atoms with van der Waals surface area (Å²) in [5.74, 6) is 1.49. The van der Waals surface area contributed by atoms with Gasteiger partial charge in [0.25, 0.3) is 0 Å². The third kappa shape index (κ3) is 4.62. The van der Waals surface area contributed by atoms with E-state index in [-0.39, 0.29) is 0 Å². The molecule has 1 unspecified atom stereocenters. The van der Waals surface area contributed by atoms with Crippen molar-refractivity contribution in [3.05, 3.63) is 90.1 Å². The van der Waals surface area contributed by atoms with Crippen molar-refractivity contribution in [3.8, 4) is 22.6 Å². The Kier molecular flexibility index (Phi) is 6.84. The monoisotopic (exact) mass is 516 g/mol. The molecule has 0 spiro atoms. The topological polar surface area (TPSA) is 90.6 Å². The first-order chi connectivity index (χ1) is 17.6. The highest BCUT2D eigenvalue weighted by Gasteiger charge is 2.21. The average Bonchev–Trinajstić information content (AvgIpc) is 3.46. The quantitative estimate of drug-likeness (QED) is 0.285. The lowest BCUT2D eigenvalue weighted by molar-refractivity contribution is 0.414. The minimum atomic E-state index is -1.52. The number of pyridine rings is 1. The first kappa shape index (κ1) is 23.8. The number of aromatic nitrogens is 2. The first-order valence-electron chi connectivity index (χ1n) is 11.1. The Morgan fingerprint density at radius 1 is 1.00 bits per heavy atom. The molecule has 0 saturated carbocycles. The van der Waals surface area contributed by atoms with Gasteiger partial charge in [-0.1, -0.05) is 36.4 Å². The molecule has 7 nitrogen and oxygen atoms in total. The molecule has 2 N–H and O–H groups in total. The van der Waals surface area contributed by atoms with Gasteiger partial charge >= 0.3 is 0 Å². The van der Waals surface area contributed by atoms with Crippen molar-refractivity contribution in [2.24, 2.45) is 0 Å². The lowest BCUT2D eigenvalue weighted by Crippen LogP contribution is -2.25. The van der Waals surface area contributed by atoms with Crippen LogP contribution in [0.15, 0.2) is 89.4 Å². The van der Waals surface area contributed by atoms with Crippen LogP contribution < -0.4 is 19.5 Å². The molecule has 0 fully saturated rings. The Hall–Kier alpha value is -3.95. The van der Waals surface area contributed by atoms with Crippen LogP contribution in [-0.2, 0) is 17.5 Å². The number of thiazole rings is 1. The van der Waals surface area contributed by atoms with Gasteiger partial charge in [-0.2, -0.15) is 0 Å². The molecule has 9 heteroatoms. The van der Waals surface area contributed by atoms with Gasteiger partial charge in [0.15, 0.2) is 16.1 Å².